The Kier molecular flexibility index (Phi) is 17.7. The molecule has 2 aliphatic heterocycles. The predicted octanol–water partition coefficient (Wildman–Crippen LogP) is 21.4. The number of nitrogens with zero attached hydrogens (tertiary/aromatic N) is 2. The van der Waals surface area contributed by atoms with Gasteiger partial charge in [-0.2, -0.15) is 0 Å². The number of rotatable bonds is 19. The van der Waals surface area contributed by atoms with Gasteiger partial charge in [-0.15, -0.1) is 0 Å². The third-order valence-corrected chi connectivity index (χ3v) is 21.1. The Bertz CT molecular complexity index is 4270. The molecule has 0 spiro atoms. The van der Waals surface area contributed by atoms with Crippen LogP contribution in [-0.2, 0) is 73.0 Å². The van der Waals surface area contributed by atoms with E-state index >= 15 is 19.2 Å². The van der Waals surface area contributed by atoms with Crippen LogP contribution in [0.1, 0.15) is 231 Å². The lowest BCUT2D eigenvalue weighted by Crippen LogP contribution is -2.44. The molecule has 6 nitrogen and oxygen atoms in total. The Morgan fingerprint density at radius 2 is 0.656 bits per heavy atom. The van der Waals surface area contributed by atoms with Gasteiger partial charge < -0.3 is 0 Å². The molecule has 0 radical (unpaired) electrons. The van der Waals surface area contributed by atoms with Crippen molar-refractivity contribution in [1.29, 1.82) is 0 Å². The van der Waals surface area contributed by atoms with E-state index in [4.69, 9.17) is 0 Å². The van der Waals surface area contributed by atoms with Gasteiger partial charge in [-0.05, 0) is 233 Å². The molecule has 12 rings (SSSR count). The Hall–Kier alpha value is -7.74. The van der Waals surface area contributed by atoms with Crippen molar-refractivity contribution in [3.63, 3.8) is 0 Å². The smallest absolute Gasteiger partial charge is 0.266 e. The molecule has 4 amide bonds. The van der Waals surface area contributed by atoms with Gasteiger partial charge >= 0.3 is 0 Å². The molecule has 0 saturated heterocycles. The van der Waals surface area contributed by atoms with Crippen LogP contribution in [0, 0.1) is 5.92 Å². The van der Waals surface area contributed by atoms with Crippen molar-refractivity contribution in [1.82, 2.24) is 4.90 Å². The largest absolute Gasteiger partial charge is 0.274 e. The Morgan fingerprint density at radius 3 is 0.925 bits per heavy atom. The lowest BCUT2D eigenvalue weighted by Gasteiger charge is -2.34. The number of carbonyl (C=O) groups excluding carboxylic acids is 4. The molecule has 0 aliphatic carbocycles. The Balaban J connectivity index is 1.18. The first-order valence-electron chi connectivity index (χ1n) is 34.3. The summed E-state index contributed by atoms with van der Waals surface area (Å²) in [5.74, 6) is -0.959. The topological polar surface area (TPSA) is 74.8 Å². The van der Waals surface area contributed by atoms with Crippen molar-refractivity contribution in [3.8, 4) is 0 Å². The maximum atomic E-state index is 16.2. The van der Waals surface area contributed by atoms with Crippen molar-refractivity contribution in [2.75, 3.05) is 11.4 Å². The molecule has 10 aromatic carbocycles. The van der Waals surface area contributed by atoms with Crippen LogP contribution in [0.15, 0.2) is 150 Å². The van der Waals surface area contributed by atoms with Gasteiger partial charge in [0.15, 0.2) is 0 Å². The summed E-state index contributed by atoms with van der Waals surface area (Å²) in [6.45, 7) is 31.6. The van der Waals surface area contributed by atoms with Gasteiger partial charge in [0, 0.05) is 21.8 Å². The Morgan fingerprint density at radius 1 is 0.366 bits per heavy atom. The monoisotopic (exact) mass is 1300 g/mol. The first kappa shape index (κ1) is 65.3. The molecule has 1 atom stereocenters. The maximum Gasteiger partial charge on any atom is 0.266 e. The van der Waals surface area contributed by atoms with Crippen molar-refractivity contribution < 1.29 is 19.2 Å². The molecule has 2 heterocycles. The molecular formula is C86H93BrN2O4. The van der Waals surface area contributed by atoms with Crippen LogP contribution >= 0.6 is 15.9 Å². The standard InChI is InChI=1S/C86H93BrN2O4/c1-15-17-18-52(16-2)51-88-79(90)71-57(31-19-53-23-35-61(36-24-53)83(3,4)5)47-67-69-49-59(33-21-55-27-39-63(40-28-55)85(9,10)11)73-78-74(82(93)89(81(73)92)66-45-43-65(87)44-46-66)60(34-22-56-29-41-64(42-30-56)86(12,13)14)50-70(76(69)78)68-48-58(72(80(88)91)77(71)75(67)68)32-20-54-25-37-62(38-26-54)84(6,7)8/h23-30,35-50,52H,15-22,31-34,51H2,1-14H3. The van der Waals surface area contributed by atoms with E-state index in [1.165, 1.54) is 38.3 Å². The zero-order valence-corrected chi connectivity index (χ0v) is 59.1. The molecule has 7 heteroatoms. The first-order chi connectivity index (χ1) is 44.1. The number of halogens is 1. The number of fused-ring (bicyclic) bond motifs is 2. The summed E-state index contributed by atoms with van der Waals surface area (Å²) in [4.78, 5) is 67.8. The van der Waals surface area contributed by atoms with Crippen LogP contribution in [0.2, 0.25) is 0 Å². The van der Waals surface area contributed by atoms with Crippen LogP contribution in [0.3, 0.4) is 0 Å². The van der Waals surface area contributed by atoms with Gasteiger partial charge in [0.1, 0.15) is 0 Å². The summed E-state index contributed by atoms with van der Waals surface area (Å²) in [7, 11) is 0. The van der Waals surface area contributed by atoms with Gasteiger partial charge in [-0.1, -0.05) is 229 Å². The quantitative estimate of drug-likeness (QED) is 0.0459. The third-order valence-electron chi connectivity index (χ3n) is 20.5. The average Bonchev–Trinajstić information content (AvgIpc) is 0.677. The minimum Gasteiger partial charge on any atom is -0.274 e. The van der Waals surface area contributed by atoms with Crippen LogP contribution in [0.4, 0.5) is 5.69 Å². The number of amides is 4. The maximum absolute atomic E-state index is 16.2. The number of imide groups is 2. The van der Waals surface area contributed by atoms with E-state index in [2.05, 4.69) is 234 Å². The molecule has 0 aromatic heterocycles. The van der Waals surface area contributed by atoms with Crippen molar-refractivity contribution >= 4 is 88.3 Å². The number of hydrogen-bond acceptors (Lipinski definition) is 4. The molecule has 0 N–H and O–H groups in total. The first-order valence-corrected chi connectivity index (χ1v) is 35.1. The van der Waals surface area contributed by atoms with E-state index in [9.17, 15) is 0 Å². The molecule has 0 fully saturated rings. The van der Waals surface area contributed by atoms with Crippen molar-refractivity contribution in [2.24, 2.45) is 5.92 Å². The highest BCUT2D eigenvalue weighted by molar-refractivity contribution is 9.10. The lowest BCUT2D eigenvalue weighted by atomic mass is 9.76. The minimum absolute atomic E-state index is 0.0137. The normalized spacial score (nSPS) is 14.3. The number of aryl methyl sites for hydroxylation is 8. The SMILES string of the molecule is CCCCC(CC)CN1C(=O)c2c(CCc3ccc(C(C)(C)C)cc3)cc3c4cc(CCc5ccc(C(C)(C)C)cc5)c5c6c(c(CCc7ccc(C(C)(C)C)cc7)cc(c7cc(CCc8ccc(C(C)(C)C)cc8)c(c2c37)C1=O)c64)C(=O)N(c1ccc(Br)cc1)C5=O. The number of unbranched alkanes of at least 4 members (excludes halogenated alkanes) is 1. The zero-order chi connectivity index (χ0) is 66.2. The molecule has 0 saturated carbocycles. The van der Waals surface area contributed by atoms with E-state index < -0.39 is 0 Å². The molecule has 478 valence electrons. The van der Waals surface area contributed by atoms with Crippen molar-refractivity contribution in [2.45, 2.75) is 196 Å². The van der Waals surface area contributed by atoms with Gasteiger partial charge in [0.25, 0.3) is 23.6 Å². The zero-order valence-electron chi connectivity index (χ0n) is 57.5. The van der Waals surface area contributed by atoms with Crippen molar-refractivity contribution in [3.05, 3.63) is 239 Å². The van der Waals surface area contributed by atoms with Crippen LogP contribution in [0.25, 0.3) is 43.1 Å². The van der Waals surface area contributed by atoms with E-state index in [1.54, 1.807) is 4.90 Å². The summed E-state index contributed by atoms with van der Waals surface area (Å²) in [6, 6.07) is 52.2. The van der Waals surface area contributed by atoms with Gasteiger partial charge in [0.05, 0.1) is 27.9 Å². The van der Waals surface area contributed by atoms with E-state index in [0.717, 1.165) is 101 Å². The number of carbonyl (C=O) groups is 4. The number of anilines is 1. The van der Waals surface area contributed by atoms with E-state index in [-0.39, 0.29) is 51.2 Å². The lowest BCUT2D eigenvalue weighted by molar-refractivity contribution is 0.0578. The average molecular weight is 1300 g/mol. The molecular weight excluding hydrogens is 1200 g/mol. The number of hydrogen-bond donors (Lipinski definition) is 0. The summed E-state index contributed by atoms with van der Waals surface area (Å²) in [5, 5.41) is 6.90. The predicted molar refractivity (Wildman–Crippen MR) is 392 cm³/mol. The van der Waals surface area contributed by atoms with Gasteiger partial charge in [0.2, 0.25) is 0 Å². The van der Waals surface area contributed by atoms with Crippen LogP contribution in [-0.4, -0.2) is 35.1 Å². The van der Waals surface area contributed by atoms with Gasteiger partial charge in [-0.25, -0.2) is 4.90 Å². The molecule has 0 bridgehead atoms. The second kappa shape index (κ2) is 25.2. The fourth-order valence-corrected chi connectivity index (χ4v) is 15.0. The fourth-order valence-electron chi connectivity index (χ4n) is 14.8. The molecule has 93 heavy (non-hydrogen) atoms. The summed E-state index contributed by atoms with van der Waals surface area (Å²) in [6.07, 6.45) is 8.67. The highest BCUT2D eigenvalue weighted by Crippen LogP contribution is 2.51. The summed E-state index contributed by atoms with van der Waals surface area (Å²) in [5.41, 5.74) is 16.0. The molecule has 10 aromatic rings. The highest BCUT2D eigenvalue weighted by atomic mass is 79.9. The van der Waals surface area contributed by atoms with Crippen LogP contribution in [0.5, 0.6) is 0 Å². The van der Waals surface area contributed by atoms with Gasteiger partial charge in [-0.3, -0.25) is 24.1 Å². The van der Waals surface area contributed by atoms with Crippen LogP contribution < -0.4 is 4.90 Å². The summed E-state index contributed by atoms with van der Waals surface area (Å²) < 4.78 is 0.848. The van der Waals surface area contributed by atoms with E-state index in [0.29, 0.717) is 91.2 Å². The third kappa shape index (κ3) is 12.7. The molecule has 1 unspecified atom stereocenters. The fraction of sp³-hybridized carbons (Fsp3) is 0.372. The Labute approximate surface area is 561 Å². The molecule has 2 aliphatic rings. The summed E-state index contributed by atoms with van der Waals surface area (Å²) >= 11 is 3.63. The number of benzene rings is 10. The second-order valence-electron chi connectivity index (χ2n) is 31.2. The second-order valence-corrected chi connectivity index (χ2v) is 32.1. The minimum atomic E-state index is -0.340. The van der Waals surface area contributed by atoms with E-state index in [1.807, 2.05) is 24.3 Å². The highest BCUT2D eigenvalue weighted by Gasteiger charge is 2.42.